The lowest BCUT2D eigenvalue weighted by Gasteiger charge is -2.49. The molecule has 9 heterocycles. The average molecular weight is 1390 g/mol. The van der Waals surface area contributed by atoms with Crippen molar-refractivity contribution < 1.29 is 46.7 Å². The molecule has 3 aromatic rings. The Labute approximate surface area is 620 Å². The van der Waals surface area contributed by atoms with Crippen molar-refractivity contribution in [2.24, 2.45) is 0 Å². The van der Waals surface area contributed by atoms with Crippen LogP contribution in [0.5, 0.6) is 0 Å². The van der Waals surface area contributed by atoms with Crippen molar-refractivity contribution >= 4 is 287 Å². The summed E-state index contributed by atoms with van der Waals surface area (Å²) in [6, 6.07) is 10.6. The summed E-state index contributed by atoms with van der Waals surface area (Å²) < 4.78 is 49.6. The van der Waals surface area contributed by atoms with Gasteiger partial charge in [0, 0.05) is 271 Å². The number of rotatable bonds is 16. The lowest BCUT2D eigenvalue weighted by atomic mass is 8.32. The van der Waals surface area contributed by atoms with Crippen LogP contribution in [0.25, 0.3) is 0 Å². The Balaban J connectivity index is 0.000000260. The van der Waals surface area contributed by atoms with Crippen molar-refractivity contribution in [3.63, 3.8) is 0 Å². The first-order chi connectivity index (χ1) is 44.8. The van der Waals surface area contributed by atoms with Crippen LogP contribution in [0.15, 0.2) is 63.9 Å². The van der Waals surface area contributed by atoms with Crippen LogP contribution >= 0.6 is 31.9 Å². The van der Waals surface area contributed by atoms with Crippen LogP contribution in [0.3, 0.4) is 0 Å². The Hall–Kier alpha value is -1.92. The molecule has 3 amide bonds. The van der Waals surface area contributed by atoms with Crippen LogP contribution in [0.2, 0.25) is 0 Å². The molecule has 0 saturated carbocycles. The smallest absolute Gasteiger partial charge is 0.405 e. The van der Waals surface area contributed by atoms with Crippen molar-refractivity contribution in [1.82, 2.24) is 36.2 Å². The molecule has 6 fully saturated rings. The summed E-state index contributed by atoms with van der Waals surface area (Å²) in [4.78, 5) is 48.9. The molecule has 3 aromatic heterocycles. The van der Waals surface area contributed by atoms with E-state index in [2.05, 4.69) is 68.1 Å². The number of pyridine rings is 3. The molecular weight excluding hydrogens is 1320 g/mol. The SMILES string of the molecule is CC1(C)OB(B2OC(C)(C)C(C)(C)O2)OC1(C)C.CC1(C)OB(c2ccc(N3CCNC(=O)C3)nc2)OC1(C)C.Fc1ccc(Br)cn1.O=C1CN(c2ccc(Br)cn2)CCN1.O=C1CNCCN1.[B]B([B])B([B])B(B(B([B])[B])B([B])[B])B(B(B([B])[B])B([B])[B])B(B([B])[B])B([B])[B]. The molecule has 6 aliphatic heterocycles. The third-order valence-corrected chi connectivity index (χ3v) is 19.4. The first-order valence-electron chi connectivity index (χ1n) is 32.0. The van der Waals surface area contributed by atoms with Gasteiger partial charge in [-0.2, -0.15) is 4.39 Å². The van der Waals surface area contributed by atoms with E-state index in [0.29, 0.717) is 32.7 Å². The van der Waals surface area contributed by atoms with Gasteiger partial charge in [-0.25, -0.2) is 15.0 Å². The van der Waals surface area contributed by atoms with Gasteiger partial charge in [0.05, 0.1) is 53.2 Å². The number of nitrogens with zero attached hydrogens (tertiary/aromatic N) is 5. The van der Waals surface area contributed by atoms with E-state index < -0.39 is 110 Å². The third kappa shape index (κ3) is 25.4. The second kappa shape index (κ2) is 38.2. The van der Waals surface area contributed by atoms with Gasteiger partial charge in [-0.3, -0.25) is 14.4 Å². The monoisotopic (exact) mass is 1400 g/mol. The number of carbonyl (C=O) groups is 3. The van der Waals surface area contributed by atoms with Crippen molar-refractivity contribution in [3.05, 3.63) is 69.9 Å². The summed E-state index contributed by atoms with van der Waals surface area (Å²) in [6.07, 6.45) is -7.33. The Morgan fingerprint density at radius 1 is 0.433 bits per heavy atom. The van der Waals surface area contributed by atoms with Gasteiger partial charge in [0.15, 0.2) is 0 Å². The Kier molecular flexibility index (Phi) is 34.5. The van der Waals surface area contributed by atoms with Crippen molar-refractivity contribution in [3.8, 4) is 0 Å². The maximum absolute atomic E-state index is 12.0. The molecule has 6 aliphatic rings. The summed E-state index contributed by atoms with van der Waals surface area (Å²) in [6.45, 7) is 30.2. The van der Waals surface area contributed by atoms with Gasteiger partial charge < -0.3 is 59.0 Å². The summed E-state index contributed by atoms with van der Waals surface area (Å²) in [7, 11) is 88.2. The zero-order valence-corrected chi connectivity index (χ0v) is 61.2. The first-order valence-corrected chi connectivity index (χ1v) is 33.6. The van der Waals surface area contributed by atoms with Crippen LogP contribution < -0.4 is 36.5 Å². The van der Waals surface area contributed by atoms with Crippen molar-refractivity contribution in [1.29, 1.82) is 0 Å². The number of amides is 3. The van der Waals surface area contributed by atoms with E-state index in [4.69, 9.17) is 144 Å². The molecule has 0 atom stereocenters. The maximum atomic E-state index is 12.0. The fourth-order valence-corrected chi connectivity index (χ4v) is 11.4. The first kappa shape index (κ1) is 87.5. The van der Waals surface area contributed by atoms with Crippen LogP contribution in [-0.4, -0.2) is 345 Å². The van der Waals surface area contributed by atoms with Crippen molar-refractivity contribution in [2.45, 2.75) is 117 Å². The molecule has 0 aliphatic carbocycles. The number of nitrogens with one attached hydrogen (secondary N) is 4. The van der Waals surface area contributed by atoms with Crippen molar-refractivity contribution in [2.75, 3.05) is 68.7 Å². The number of piperazine rings is 3. The number of aromatic nitrogens is 3. The Bertz CT molecular complexity index is 2790. The van der Waals surface area contributed by atoms with Crippen LogP contribution in [0.4, 0.5) is 16.0 Å². The Morgan fingerprint density at radius 2 is 0.784 bits per heavy atom. The van der Waals surface area contributed by atoms with Crippen LogP contribution in [-0.2, 0) is 42.3 Å². The van der Waals surface area contributed by atoms with Crippen LogP contribution in [0, 0.1) is 5.95 Å². The summed E-state index contributed by atoms with van der Waals surface area (Å²) in [5, 5.41) is 11.2. The van der Waals surface area contributed by atoms with Gasteiger partial charge in [0.1, 0.15) is 11.6 Å². The molecule has 6 saturated heterocycles. The van der Waals surface area contributed by atoms with Gasteiger partial charge >= 0.3 is 21.1 Å². The largest absolute Gasteiger partial charge is 0.496 e. The van der Waals surface area contributed by atoms with E-state index in [0.717, 1.165) is 52.2 Å². The number of hydrogen-bond donors (Lipinski definition) is 4. The topological polar surface area (TPSA) is 200 Å². The second-order valence-electron chi connectivity index (χ2n) is 27.5. The minimum absolute atomic E-state index is 0.0306. The molecule has 30 radical (unpaired) electrons. The number of carbonyl (C=O) groups excluding carboxylic acids is 3. The van der Waals surface area contributed by atoms with E-state index in [1.165, 1.54) is 12.3 Å². The van der Waals surface area contributed by atoms with Gasteiger partial charge in [0.2, 0.25) is 23.7 Å². The normalized spacial score (nSPS) is 18.7. The molecule has 9 rings (SSSR count). The van der Waals surface area contributed by atoms with E-state index in [9.17, 15) is 18.8 Å². The van der Waals surface area contributed by atoms with Gasteiger partial charge in [-0.1, -0.05) is 6.07 Å². The zero-order chi connectivity index (χ0) is 73.5. The minimum Gasteiger partial charge on any atom is -0.405 e. The standard InChI is InChI=1S/C15H22BN3O3.C12H24B2O4.C9H10BrN3O.C5H3BrFN.C4H8N2O.B28/c1-14(2)15(3,4)22-16(21-14)11-5-6-12(18-9-11)19-8-7-17-13(20)10-19;1-9(2)10(3,4)16-13(15-9)14-17-11(5,6)12(7,8)18-14;10-7-1-2-8(12-5-7)13-4-3-11-9(14)6-13;6-4-1-2-5(7)8-3-4;7-4-3-5-1-2-6-4;1-16(2)23(15)27(24(17(3)4)18(5)6)28(25(19(7)8)20(9)10)26(21(11)12)22(13)14/h5-6,9H,7-8,10H2,1-4H3,(H,17,20);1-8H3;1-2,5H,3-4,6H2,(H,11,14);1-3H;5H,1-3H2,(H,6,7);. The quantitative estimate of drug-likeness (QED) is 0.0780. The highest BCUT2D eigenvalue weighted by Gasteiger charge is 2.64. The van der Waals surface area contributed by atoms with E-state index in [-0.39, 0.29) is 51.3 Å². The summed E-state index contributed by atoms with van der Waals surface area (Å²) in [5.74, 6) is 1.39. The summed E-state index contributed by atoms with van der Waals surface area (Å²) in [5.41, 5.74) is -1.27. The minimum atomic E-state index is -1.03. The molecule has 0 bridgehead atoms. The molecule has 0 unspecified atom stereocenters. The van der Waals surface area contributed by atoms with Gasteiger partial charge in [0.25, 0.3) is 0 Å². The van der Waals surface area contributed by atoms with Gasteiger partial charge in [-0.05, 0) is 145 Å². The molecule has 460 valence electrons. The highest BCUT2D eigenvalue weighted by atomic mass is 79.9. The van der Waals surface area contributed by atoms with E-state index >= 15 is 0 Å². The number of anilines is 2. The molecule has 97 heavy (non-hydrogen) atoms. The predicted octanol–water partition coefficient (Wildman–Crippen LogP) is -6.63. The third-order valence-electron chi connectivity index (χ3n) is 18.4. The number of halogens is 3. The molecule has 4 N–H and O–H groups in total. The highest BCUT2D eigenvalue weighted by Crippen LogP contribution is 2.43. The average Bonchev–Trinajstić information content (AvgIpc) is 1.67. The lowest BCUT2D eigenvalue weighted by molar-refractivity contribution is -0.121. The Morgan fingerprint density at radius 3 is 1.06 bits per heavy atom. The fourth-order valence-electron chi connectivity index (χ4n) is 10.9. The molecule has 52 heteroatoms. The van der Waals surface area contributed by atoms with E-state index in [1.54, 1.807) is 18.5 Å². The fraction of sp³-hybridized carbons (Fsp3) is 0.600. The van der Waals surface area contributed by atoms with Gasteiger partial charge in [-0.15, -0.1) is 0 Å². The lowest BCUT2D eigenvalue weighted by Crippen LogP contribution is -2.87. The molecule has 18 nitrogen and oxygen atoms in total. The highest BCUT2D eigenvalue weighted by molar-refractivity contribution is 9.10. The van der Waals surface area contributed by atoms with E-state index in [1.807, 2.05) is 117 Å². The predicted molar refractivity (Wildman–Crippen MR) is 433 cm³/mol. The molecule has 0 spiro atoms. The summed E-state index contributed by atoms with van der Waals surface area (Å²) >= 11 is 6.44. The second-order valence-corrected chi connectivity index (χ2v) is 29.3. The molecular formula is C45H67B31Br2FN9O9. The molecule has 0 aromatic carbocycles. The zero-order valence-electron chi connectivity index (χ0n) is 58.0. The maximum Gasteiger partial charge on any atom is 0.496 e. The number of hydrogen-bond acceptors (Lipinski definition) is 15. The van der Waals surface area contributed by atoms with Crippen LogP contribution in [0.1, 0.15) is 83.1 Å².